The van der Waals surface area contributed by atoms with E-state index in [9.17, 15) is 24.6 Å². The van der Waals surface area contributed by atoms with Gasteiger partial charge in [-0.15, -0.1) is 0 Å². The molecule has 2 N–H and O–H groups in total. The SMILES string of the molecule is O=C1OC(=O)C(O)(C(=O)c2ccccc2)C1O. The van der Waals surface area contributed by atoms with Crippen molar-refractivity contribution in [3.8, 4) is 0 Å². The lowest BCUT2D eigenvalue weighted by Crippen LogP contribution is -2.52. The number of Topliss-reactive ketones (excluding diaryl/α,β-unsaturated/α-hetero) is 1. The van der Waals surface area contributed by atoms with Crippen LogP contribution < -0.4 is 0 Å². The maximum Gasteiger partial charge on any atom is 0.357 e. The number of esters is 2. The summed E-state index contributed by atoms with van der Waals surface area (Å²) < 4.78 is 4.03. The summed E-state index contributed by atoms with van der Waals surface area (Å²) >= 11 is 0. The summed E-state index contributed by atoms with van der Waals surface area (Å²) in [5.41, 5.74) is -2.85. The minimum Gasteiger partial charge on any atom is -0.388 e. The van der Waals surface area contributed by atoms with Gasteiger partial charge in [-0.3, -0.25) is 4.79 Å². The Morgan fingerprint density at radius 1 is 1.24 bits per heavy atom. The molecule has 1 saturated heterocycles. The quantitative estimate of drug-likeness (QED) is 0.390. The van der Waals surface area contributed by atoms with Gasteiger partial charge in [-0.1, -0.05) is 30.3 Å². The Kier molecular flexibility index (Phi) is 2.53. The van der Waals surface area contributed by atoms with Crippen molar-refractivity contribution in [3.63, 3.8) is 0 Å². The van der Waals surface area contributed by atoms with Crippen molar-refractivity contribution in [1.29, 1.82) is 0 Å². The first kappa shape index (κ1) is 11.4. The third kappa shape index (κ3) is 1.54. The monoisotopic (exact) mass is 236 g/mol. The molecule has 1 heterocycles. The zero-order chi connectivity index (χ0) is 12.6. The number of carbonyl (C=O) groups is 3. The molecule has 0 spiro atoms. The molecule has 6 heteroatoms. The molecule has 1 aromatic carbocycles. The van der Waals surface area contributed by atoms with Crippen LogP contribution in [0.15, 0.2) is 30.3 Å². The van der Waals surface area contributed by atoms with Crippen LogP contribution in [0.4, 0.5) is 0 Å². The minimum atomic E-state index is -2.85. The minimum absolute atomic E-state index is 0.000648. The average molecular weight is 236 g/mol. The van der Waals surface area contributed by atoms with E-state index < -0.39 is 29.4 Å². The Labute approximate surface area is 95.4 Å². The van der Waals surface area contributed by atoms with Crippen LogP contribution in [0.2, 0.25) is 0 Å². The number of cyclic esters (lactones) is 2. The van der Waals surface area contributed by atoms with E-state index in [1.54, 1.807) is 6.07 Å². The Morgan fingerprint density at radius 3 is 2.29 bits per heavy atom. The van der Waals surface area contributed by atoms with Gasteiger partial charge in [0, 0.05) is 5.56 Å². The van der Waals surface area contributed by atoms with Crippen molar-refractivity contribution < 1.29 is 29.3 Å². The lowest BCUT2D eigenvalue weighted by Gasteiger charge is -2.18. The van der Waals surface area contributed by atoms with Crippen LogP contribution in [0.25, 0.3) is 0 Å². The van der Waals surface area contributed by atoms with Gasteiger partial charge in [0.1, 0.15) is 0 Å². The average Bonchev–Trinajstić information content (AvgIpc) is 2.54. The van der Waals surface area contributed by atoms with Gasteiger partial charge >= 0.3 is 11.9 Å². The Hall–Kier alpha value is -2.05. The lowest BCUT2D eigenvalue weighted by molar-refractivity contribution is -0.156. The van der Waals surface area contributed by atoms with Gasteiger partial charge in [-0.2, -0.15) is 0 Å². The van der Waals surface area contributed by atoms with E-state index in [4.69, 9.17) is 0 Å². The molecule has 2 unspecified atom stereocenters. The number of hydrogen-bond donors (Lipinski definition) is 2. The second-order valence-corrected chi connectivity index (χ2v) is 3.57. The van der Waals surface area contributed by atoms with Gasteiger partial charge in [0.15, 0.2) is 6.10 Å². The Morgan fingerprint density at radius 2 is 1.82 bits per heavy atom. The molecule has 0 bridgehead atoms. The molecule has 17 heavy (non-hydrogen) atoms. The Bertz CT molecular complexity index is 494. The molecule has 0 amide bonds. The second kappa shape index (κ2) is 3.76. The third-order valence-corrected chi connectivity index (χ3v) is 2.51. The van der Waals surface area contributed by atoms with Gasteiger partial charge in [-0.25, -0.2) is 9.59 Å². The normalized spacial score (nSPS) is 28.0. The number of aliphatic hydroxyl groups excluding tert-OH is 1. The number of benzene rings is 1. The topological polar surface area (TPSA) is 101 Å². The van der Waals surface area contributed by atoms with E-state index in [1.165, 1.54) is 24.3 Å². The summed E-state index contributed by atoms with van der Waals surface area (Å²) in [4.78, 5) is 34.1. The van der Waals surface area contributed by atoms with Crippen LogP contribution in [0.3, 0.4) is 0 Å². The van der Waals surface area contributed by atoms with Gasteiger partial charge in [-0.05, 0) is 0 Å². The maximum absolute atomic E-state index is 11.9. The molecule has 6 nitrogen and oxygen atoms in total. The summed E-state index contributed by atoms with van der Waals surface area (Å²) in [5, 5.41) is 19.2. The van der Waals surface area contributed by atoms with E-state index in [2.05, 4.69) is 4.74 Å². The summed E-state index contributed by atoms with van der Waals surface area (Å²) in [6.07, 6.45) is -2.19. The smallest absolute Gasteiger partial charge is 0.357 e. The zero-order valence-electron chi connectivity index (χ0n) is 8.49. The summed E-state index contributed by atoms with van der Waals surface area (Å²) in [5.74, 6) is -3.85. The van der Waals surface area contributed by atoms with Crippen LogP contribution >= 0.6 is 0 Å². The number of rotatable bonds is 2. The number of ether oxygens (including phenoxy) is 1. The fourth-order valence-corrected chi connectivity index (χ4v) is 1.53. The Balaban J connectivity index is 2.43. The summed E-state index contributed by atoms with van der Waals surface area (Å²) in [6.45, 7) is 0. The highest BCUT2D eigenvalue weighted by molar-refractivity contribution is 6.22. The van der Waals surface area contributed by atoms with Crippen molar-refractivity contribution in [2.45, 2.75) is 11.7 Å². The predicted octanol–water partition coefficient (Wildman–Crippen LogP) is -0.955. The predicted molar refractivity (Wildman–Crippen MR) is 52.8 cm³/mol. The van der Waals surface area contributed by atoms with Crippen molar-refractivity contribution in [3.05, 3.63) is 35.9 Å². The van der Waals surface area contributed by atoms with Gasteiger partial charge in [0.2, 0.25) is 5.78 Å². The second-order valence-electron chi connectivity index (χ2n) is 3.57. The van der Waals surface area contributed by atoms with Crippen LogP contribution in [-0.4, -0.2) is 39.6 Å². The molecule has 0 aromatic heterocycles. The van der Waals surface area contributed by atoms with Gasteiger partial charge < -0.3 is 14.9 Å². The van der Waals surface area contributed by atoms with Crippen LogP contribution in [0, 0.1) is 0 Å². The number of aliphatic hydroxyl groups is 2. The van der Waals surface area contributed by atoms with Crippen LogP contribution in [0.1, 0.15) is 10.4 Å². The van der Waals surface area contributed by atoms with Crippen molar-refractivity contribution >= 4 is 17.7 Å². The maximum atomic E-state index is 11.9. The molecule has 0 saturated carbocycles. The number of hydrogen-bond acceptors (Lipinski definition) is 6. The van der Waals surface area contributed by atoms with Crippen LogP contribution in [-0.2, 0) is 14.3 Å². The number of ketones is 1. The standard InChI is InChI=1S/C11H8O6/c12-7(6-4-2-1-3-5-6)11(16)8(13)9(14)17-10(11)15/h1-5,8,13,16H. The molecule has 2 atom stereocenters. The first-order chi connectivity index (χ1) is 7.98. The van der Waals surface area contributed by atoms with Gasteiger partial charge in [0.25, 0.3) is 5.60 Å². The first-order valence-electron chi connectivity index (χ1n) is 4.74. The van der Waals surface area contributed by atoms with Crippen LogP contribution in [0.5, 0.6) is 0 Å². The molecule has 2 rings (SSSR count). The van der Waals surface area contributed by atoms with Crippen molar-refractivity contribution in [2.75, 3.05) is 0 Å². The van der Waals surface area contributed by atoms with Gasteiger partial charge in [0.05, 0.1) is 0 Å². The highest BCUT2D eigenvalue weighted by atomic mass is 16.6. The highest BCUT2D eigenvalue weighted by Gasteiger charge is 2.61. The molecular weight excluding hydrogens is 228 g/mol. The van der Waals surface area contributed by atoms with Crippen molar-refractivity contribution in [2.24, 2.45) is 0 Å². The molecule has 1 aliphatic heterocycles. The van der Waals surface area contributed by atoms with E-state index in [0.29, 0.717) is 0 Å². The molecule has 1 fully saturated rings. The van der Waals surface area contributed by atoms with E-state index in [1.807, 2.05) is 0 Å². The fourth-order valence-electron chi connectivity index (χ4n) is 1.53. The lowest BCUT2D eigenvalue weighted by atomic mass is 9.89. The van der Waals surface area contributed by atoms with E-state index >= 15 is 0 Å². The third-order valence-electron chi connectivity index (χ3n) is 2.51. The fraction of sp³-hybridized carbons (Fsp3) is 0.182. The largest absolute Gasteiger partial charge is 0.388 e. The molecular formula is C11H8O6. The molecule has 0 aliphatic carbocycles. The summed E-state index contributed by atoms with van der Waals surface area (Å²) in [7, 11) is 0. The number of carbonyl (C=O) groups excluding carboxylic acids is 3. The first-order valence-corrected chi connectivity index (χ1v) is 4.74. The zero-order valence-corrected chi connectivity index (χ0v) is 8.49. The highest BCUT2D eigenvalue weighted by Crippen LogP contribution is 2.26. The van der Waals surface area contributed by atoms with E-state index in [-0.39, 0.29) is 5.56 Å². The molecule has 88 valence electrons. The molecule has 0 radical (unpaired) electrons. The molecule has 1 aliphatic rings. The summed E-state index contributed by atoms with van der Waals surface area (Å²) in [6, 6.07) is 7.37. The van der Waals surface area contributed by atoms with E-state index in [0.717, 1.165) is 0 Å². The molecule has 1 aromatic rings. The van der Waals surface area contributed by atoms with Crippen molar-refractivity contribution in [1.82, 2.24) is 0 Å².